The molecule has 1 N–H and O–H groups in total. The molecule has 4 aliphatic rings. The number of aromatic nitrogens is 3. The van der Waals surface area contributed by atoms with Gasteiger partial charge in [-0.3, -0.25) is 9.89 Å². The Morgan fingerprint density at radius 2 is 1.90 bits per heavy atom. The topological polar surface area (TPSA) is 67.9 Å². The smallest absolute Gasteiger partial charge is 0.316 e. The molecule has 6 heteroatoms. The number of aromatic amines is 1. The van der Waals surface area contributed by atoms with Crippen molar-refractivity contribution in [2.75, 3.05) is 12.9 Å². The van der Waals surface area contributed by atoms with Gasteiger partial charge in [0.15, 0.2) is 0 Å². The van der Waals surface area contributed by atoms with Gasteiger partial charge < -0.3 is 4.74 Å². The van der Waals surface area contributed by atoms with Gasteiger partial charge in [0.25, 0.3) is 0 Å². The Hall–Kier alpha value is -1.04. The highest BCUT2D eigenvalue weighted by molar-refractivity contribution is 7.99. The third-order valence-electron chi connectivity index (χ3n) is 5.55. The van der Waals surface area contributed by atoms with Crippen molar-refractivity contribution in [2.45, 2.75) is 49.1 Å². The van der Waals surface area contributed by atoms with Crippen LogP contribution >= 0.6 is 11.8 Å². The second kappa shape index (κ2) is 5.00. The van der Waals surface area contributed by atoms with E-state index in [1.807, 2.05) is 0 Å². The number of esters is 1. The van der Waals surface area contributed by atoms with Gasteiger partial charge in [0.2, 0.25) is 5.16 Å². The lowest BCUT2D eigenvalue weighted by molar-refractivity contribution is -0.137. The van der Waals surface area contributed by atoms with Crippen molar-refractivity contribution in [2.24, 2.45) is 17.8 Å². The van der Waals surface area contributed by atoms with Gasteiger partial charge in [0.1, 0.15) is 5.82 Å². The quantitative estimate of drug-likeness (QED) is 0.684. The van der Waals surface area contributed by atoms with E-state index < -0.39 is 0 Å². The summed E-state index contributed by atoms with van der Waals surface area (Å²) in [5.74, 6) is 3.79. The summed E-state index contributed by atoms with van der Waals surface area (Å²) in [6, 6.07) is 0. The summed E-state index contributed by atoms with van der Waals surface area (Å²) in [7, 11) is 1.40. The predicted octanol–water partition coefficient (Wildman–Crippen LogP) is 2.54. The molecule has 0 aromatic carbocycles. The molecule has 0 spiro atoms. The van der Waals surface area contributed by atoms with Crippen molar-refractivity contribution in [3.8, 4) is 0 Å². The third-order valence-corrected chi connectivity index (χ3v) is 6.37. The summed E-state index contributed by atoms with van der Waals surface area (Å²) in [6.07, 6.45) is 8.10. The monoisotopic (exact) mass is 307 g/mol. The van der Waals surface area contributed by atoms with E-state index in [0.717, 1.165) is 23.6 Å². The van der Waals surface area contributed by atoms with E-state index >= 15 is 0 Å². The minimum absolute atomic E-state index is 0.235. The van der Waals surface area contributed by atoms with Crippen LogP contribution in [0.2, 0.25) is 0 Å². The molecule has 5 nitrogen and oxygen atoms in total. The van der Waals surface area contributed by atoms with Crippen molar-refractivity contribution in [1.29, 1.82) is 0 Å². The van der Waals surface area contributed by atoms with Crippen LogP contribution in [0.4, 0.5) is 0 Å². The number of thioether (sulfide) groups is 1. The molecule has 114 valence electrons. The third kappa shape index (κ3) is 2.37. The van der Waals surface area contributed by atoms with Gasteiger partial charge in [-0.15, -0.1) is 5.10 Å². The minimum atomic E-state index is -0.235. The van der Waals surface area contributed by atoms with E-state index in [1.54, 1.807) is 0 Å². The Morgan fingerprint density at radius 3 is 2.48 bits per heavy atom. The maximum atomic E-state index is 11.2. The van der Waals surface area contributed by atoms with Crippen molar-refractivity contribution >= 4 is 17.7 Å². The van der Waals surface area contributed by atoms with E-state index in [1.165, 1.54) is 57.4 Å². The first kappa shape index (κ1) is 13.6. The molecule has 0 radical (unpaired) electrons. The number of H-pyrrole nitrogens is 1. The van der Waals surface area contributed by atoms with Crippen molar-refractivity contribution < 1.29 is 9.53 Å². The molecular formula is C15H21N3O2S. The molecule has 1 heterocycles. The van der Waals surface area contributed by atoms with E-state index in [9.17, 15) is 4.79 Å². The number of nitrogens with zero attached hydrogens (tertiary/aromatic N) is 2. The van der Waals surface area contributed by atoms with Crippen LogP contribution in [0.5, 0.6) is 0 Å². The Kier molecular flexibility index (Phi) is 3.24. The summed E-state index contributed by atoms with van der Waals surface area (Å²) in [5.41, 5.74) is 0.242. The zero-order valence-electron chi connectivity index (χ0n) is 12.3. The average molecular weight is 307 g/mol. The van der Waals surface area contributed by atoms with Crippen molar-refractivity contribution in [3.05, 3.63) is 5.82 Å². The first-order valence-corrected chi connectivity index (χ1v) is 8.78. The molecule has 0 saturated heterocycles. The molecule has 21 heavy (non-hydrogen) atoms. The molecule has 4 aliphatic carbocycles. The number of carbonyl (C=O) groups excluding carboxylic acids is 1. The van der Waals surface area contributed by atoms with Crippen LogP contribution in [0.1, 0.15) is 44.3 Å². The lowest BCUT2D eigenvalue weighted by Crippen LogP contribution is -2.49. The van der Waals surface area contributed by atoms with Crippen LogP contribution in [-0.4, -0.2) is 34.0 Å². The molecular weight excluding hydrogens is 286 g/mol. The van der Waals surface area contributed by atoms with Gasteiger partial charge in [0.05, 0.1) is 12.9 Å². The maximum absolute atomic E-state index is 11.2. The average Bonchev–Trinajstić information content (AvgIpc) is 2.93. The number of hydrogen-bond acceptors (Lipinski definition) is 5. The zero-order chi connectivity index (χ0) is 14.4. The molecule has 0 atom stereocenters. The Labute approximate surface area is 128 Å². The number of carbonyl (C=O) groups is 1. The number of methoxy groups -OCH3 is 1. The van der Waals surface area contributed by atoms with E-state index in [4.69, 9.17) is 4.98 Å². The fraction of sp³-hybridized carbons (Fsp3) is 0.800. The molecule has 4 saturated carbocycles. The molecule has 4 fully saturated rings. The highest BCUT2D eigenvalue weighted by atomic mass is 32.2. The van der Waals surface area contributed by atoms with Crippen LogP contribution in [0, 0.1) is 17.8 Å². The van der Waals surface area contributed by atoms with Crippen LogP contribution in [0.15, 0.2) is 5.16 Å². The molecule has 0 unspecified atom stereocenters. The fourth-order valence-corrected chi connectivity index (χ4v) is 5.76. The molecule has 4 bridgehead atoms. The second-order valence-corrected chi connectivity index (χ2v) is 7.97. The maximum Gasteiger partial charge on any atom is 0.316 e. The zero-order valence-corrected chi connectivity index (χ0v) is 13.1. The Morgan fingerprint density at radius 1 is 1.29 bits per heavy atom. The van der Waals surface area contributed by atoms with Gasteiger partial charge in [0, 0.05) is 5.41 Å². The highest BCUT2D eigenvalue weighted by Gasteiger charge is 2.53. The fourth-order valence-electron chi connectivity index (χ4n) is 5.13. The standard InChI is InChI=1S/C15H21N3O2S/c1-20-12(19)8-21-14-16-13(17-18-14)15-5-9-2-10(6-15)4-11(3-9)7-15/h9-11H,2-8H2,1H3,(H,16,17,18). The summed E-state index contributed by atoms with van der Waals surface area (Å²) in [5, 5.41) is 8.14. The molecule has 0 aliphatic heterocycles. The van der Waals surface area contributed by atoms with Crippen LogP contribution in [0.25, 0.3) is 0 Å². The van der Waals surface area contributed by atoms with Gasteiger partial charge in [-0.25, -0.2) is 4.98 Å². The van der Waals surface area contributed by atoms with E-state index in [0.29, 0.717) is 5.16 Å². The molecule has 1 aromatic heterocycles. The summed E-state index contributed by atoms with van der Waals surface area (Å²) in [4.78, 5) is 15.9. The van der Waals surface area contributed by atoms with Gasteiger partial charge >= 0.3 is 5.97 Å². The van der Waals surface area contributed by atoms with E-state index in [-0.39, 0.29) is 17.1 Å². The van der Waals surface area contributed by atoms with Crippen molar-refractivity contribution in [3.63, 3.8) is 0 Å². The van der Waals surface area contributed by atoms with Crippen LogP contribution in [0.3, 0.4) is 0 Å². The lowest BCUT2D eigenvalue weighted by Gasteiger charge is -2.55. The number of hydrogen-bond donors (Lipinski definition) is 1. The van der Waals surface area contributed by atoms with Gasteiger partial charge in [-0.2, -0.15) is 0 Å². The summed E-state index contributed by atoms with van der Waals surface area (Å²) in [6.45, 7) is 0. The van der Waals surface area contributed by atoms with Crippen LogP contribution < -0.4 is 0 Å². The predicted molar refractivity (Wildman–Crippen MR) is 79.0 cm³/mol. The first-order chi connectivity index (χ1) is 10.2. The van der Waals surface area contributed by atoms with E-state index in [2.05, 4.69) is 14.9 Å². The molecule has 1 aromatic rings. The molecule has 0 amide bonds. The van der Waals surface area contributed by atoms with Gasteiger partial charge in [-0.05, 0) is 56.3 Å². The van der Waals surface area contributed by atoms with Gasteiger partial charge in [-0.1, -0.05) is 11.8 Å². The molecule has 5 rings (SSSR count). The second-order valence-electron chi connectivity index (χ2n) is 7.03. The minimum Gasteiger partial charge on any atom is -0.468 e. The summed E-state index contributed by atoms with van der Waals surface area (Å²) < 4.78 is 4.65. The normalized spacial score (nSPS) is 36.9. The summed E-state index contributed by atoms with van der Waals surface area (Å²) >= 11 is 1.35. The van der Waals surface area contributed by atoms with Crippen LogP contribution in [-0.2, 0) is 14.9 Å². The first-order valence-electron chi connectivity index (χ1n) is 7.79. The highest BCUT2D eigenvalue weighted by Crippen LogP contribution is 2.60. The lowest BCUT2D eigenvalue weighted by atomic mass is 9.49. The van der Waals surface area contributed by atoms with Crippen molar-refractivity contribution in [1.82, 2.24) is 15.2 Å². The number of rotatable bonds is 4. The Bertz CT molecular complexity index is 522. The largest absolute Gasteiger partial charge is 0.468 e. The SMILES string of the molecule is COC(=O)CSc1n[nH]c(C23CC4CC(CC(C4)C2)C3)n1. The number of nitrogens with one attached hydrogen (secondary N) is 1. The number of ether oxygens (including phenoxy) is 1. The Balaban J connectivity index is 1.51.